The summed E-state index contributed by atoms with van der Waals surface area (Å²) in [5, 5.41) is 5.97. The van der Waals surface area contributed by atoms with E-state index in [9.17, 15) is 9.18 Å². The summed E-state index contributed by atoms with van der Waals surface area (Å²) in [6.07, 6.45) is 0.480. The zero-order valence-corrected chi connectivity index (χ0v) is 12.0. The van der Waals surface area contributed by atoms with Crippen molar-refractivity contribution in [3.8, 4) is 0 Å². The van der Waals surface area contributed by atoms with Gasteiger partial charge in [-0.25, -0.2) is 4.39 Å². The summed E-state index contributed by atoms with van der Waals surface area (Å²) in [4.78, 5) is 12.0. The van der Waals surface area contributed by atoms with Gasteiger partial charge in [0.25, 0.3) is 5.91 Å². The van der Waals surface area contributed by atoms with Crippen molar-refractivity contribution in [3.05, 3.63) is 65.5 Å². The van der Waals surface area contributed by atoms with Crippen LogP contribution in [-0.2, 0) is 6.42 Å². The Kier molecular flexibility index (Phi) is 5.32. The molecule has 0 bridgehead atoms. The number of halogens is 1. The molecule has 0 unspecified atom stereocenters. The normalized spacial score (nSPS) is 10.2. The van der Waals surface area contributed by atoms with Crippen molar-refractivity contribution in [2.75, 3.05) is 18.4 Å². The minimum absolute atomic E-state index is 0.144. The number of nitrogens with one attached hydrogen (secondary N) is 2. The molecule has 110 valence electrons. The van der Waals surface area contributed by atoms with E-state index in [1.54, 1.807) is 30.3 Å². The molecule has 0 aliphatic heterocycles. The van der Waals surface area contributed by atoms with Crippen molar-refractivity contribution in [2.45, 2.75) is 13.3 Å². The SMILES string of the molecule is CCNc1ccc(C(=O)NCCc2ccccc2F)cc1. The first-order chi connectivity index (χ1) is 10.2. The summed E-state index contributed by atoms with van der Waals surface area (Å²) in [5.74, 6) is -0.379. The molecule has 0 spiro atoms. The van der Waals surface area contributed by atoms with E-state index in [0.717, 1.165) is 12.2 Å². The van der Waals surface area contributed by atoms with E-state index in [1.807, 2.05) is 19.1 Å². The molecule has 21 heavy (non-hydrogen) atoms. The number of amides is 1. The molecule has 2 aromatic carbocycles. The summed E-state index contributed by atoms with van der Waals surface area (Å²) in [6, 6.07) is 13.9. The smallest absolute Gasteiger partial charge is 0.251 e. The fraction of sp³-hybridized carbons (Fsp3) is 0.235. The van der Waals surface area contributed by atoms with Crippen molar-refractivity contribution < 1.29 is 9.18 Å². The van der Waals surface area contributed by atoms with E-state index in [1.165, 1.54) is 6.07 Å². The number of benzene rings is 2. The molecule has 0 aliphatic carbocycles. The summed E-state index contributed by atoms with van der Waals surface area (Å²) < 4.78 is 13.4. The van der Waals surface area contributed by atoms with Crippen molar-refractivity contribution in [1.29, 1.82) is 0 Å². The molecule has 0 saturated heterocycles. The van der Waals surface area contributed by atoms with Crippen LogP contribution >= 0.6 is 0 Å². The van der Waals surface area contributed by atoms with Crippen LogP contribution < -0.4 is 10.6 Å². The van der Waals surface area contributed by atoms with Crippen molar-refractivity contribution in [1.82, 2.24) is 5.32 Å². The van der Waals surface area contributed by atoms with E-state index in [-0.39, 0.29) is 11.7 Å². The van der Waals surface area contributed by atoms with Crippen molar-refractivity contribution in [2.24, 2.45) is 0 Å². The van der Waals surface area contributed by atoms with Crippen LogP contribution in [0.4, 0.5) is 10.1 Å². The molecule has 0 radical (unpaired) electrons. The highest BCUT2D eigenvalue weighted by atomic mass is 19.1. The van der Waals surface area contributed by atoms with Gasteiger partial charge in [-0.3, -0.25) is 4.79 Å². The maximum absolute atomic E-state index is 13.4. The van der Waals surface area contributed by atoms with Gasteiger partial charge in [0.15, 0.2) is 0 Å². The lowest BCUT2D eigenvalue weighted by molar-refractivity contribution is 0.0954. The minimum Gasteiger partial charge on any atom is -0.385 e. The molecule has 4 heteroatoms. The highest BCUT2D eigenvalue weighted by molar-refractivity contribution is 5.94. The van der Waals surface area contributed by atoms with Gasteiger partial charge in [-0.2, -0.15) is 0 Å². The molecule has 2 aromatic rings. The predicted octanol–water partition coefficient (Wildman–Crippen LogP) is 3.23. The van der Waals surface area contributed by atoms with Crippen LogP contribution in [0.5, 0.6) is 0 Å². The predicted molar refractivity (Wildman–Crippen MR) is 83.0 cm³/mol. The van der Waals surface area contributed by atoms with E-state index in [2.05, 4.69) is 10.6 Å². The second-order valence-electron chi connectivity index (χ2n) is 4.70. The molecule has 0 fully saturated rings. The second kappa shape index (κ2) is 7.43. The van der Waals surface area contributed by atoms with Gasteiger partial charge in [-0.1, -0.05) is 18.2 Å². The maximum atomic E-state index is 13.4. The standard InChI is InChI=1S/C17H19FN2O/c1-2-19-15-9-7-14(8-10-15)17(21)20-12-11-13-5-3-4-6-16(13)18/h3-10,19H,2,11-12H2,1H3,(H,20,21). The van der Waals surface area contributed by atoms with Crippen molar-refractivity contribution in [3.63, 3.8) is 0 Å². The highest BCUT2D eigenvalue weighted by Crippen LogP contribution is 2.09. The minimum atomic E-state index is -0.234. The van der Waals surface area contributed by atoms with Gasteiger partial charge in [-0.05, 0) is 49.2 Å². The topological polar surface area (TPSA) is 41.1 Å². The monoisotopic (exact) mass is 286 g/mol. The summed E-state index contributed by atoms with van der Waals surface area (Å²) >= 11 is 0. The summed E-state index contributed by atoms with van der Waals surface area (Å²) in [5.41, 5.74) is 2.20. The third kappa shape index (κ3) is 4.31. The van der Waals surface area contributed by atoms with Gasteiger partial charge >= 0.3 is 0 Å². The van der Waals surface area contributed by atoms with Crippen LogP contribution in [0.25, 0.3) is 0 Å². The Morgan fingerprint density at radius 3 is 2.48 bits per heavy atom. The molecule has 2 rings (SSSR count). The third-order valence-electron chi connectivity index (χ3n) is 3.17. The van der Waals surface area contributed by atoms with E-state index >= 15 is 0 Å². The number of anilines is 1. The molecule has 0 aliphatic rings. The van der Waals surface area contributed by atoms with Crippen LogP contribution in [0.3, 0.4) is 0 Å². The van der Waals surface area contributed by atoms with Crippen LogP contribution in [0.15, 0.2) is 48.5 Å². The van der Waals surface area contributed by atoms with Gasteiger partial charge < -0.3 is 10.6 Å². The Labute approximate surface area is 124 Å². The van der Waals surface area contributed by atoms with Gasteiger partial charge in [0.1, 0.15) is 5.82 Å². The number of carbonyl (C=O) groups excluding carboxylic acids is 1. The first-order valence-corrected chi connectivity index (χ1v) is 7.06. The number of hydrogen-bond acceptors (Lipinski definition) is 2. The van der Waals surface area contributed by atoms with Crippen LogP contribution in [0.2, 0.25) is 0 Å². The average Bonchev–Trinajstić information content (AvgIpc) is 2.50. The Bertz CT molecular complexity index is 596. The fourth-order valence-corrected chi connectivity index (χ4v) is 2.06. The summed E-state index contributed by atoms with van der Waals surface area (Å²) in [6.45, 7) is 3.27. The lowest BCUT2D eigenvalue weighted by Crippen LogP contribution is -2.25. The molecule has 0 saturated carbocycles. The van der Waals surface area contributed by atoms with Crippen LogP contribution in [-0.4, -0.2) is 19.0 Å². The number of hydrogen-bond donors (Lipinski definition) is 2. The van der Waals surface area contributed by atoms with Gasteiger partial charge in [-0.15, -0.1) is 0 Å². The zero-order chi connectivity index (χ0) is 15.1. The Morgan fingerprint density at radius 2 is 1.81 bits per heavy atom. The lowest BCUT2D eigenvalue weighted by atomic mass is 10.1. The largest absolute Gasteiger partial charge is 0.385 e. The van der Waals surface area contributed by atoms with Gasteiger partial charge in [0.05, 0.1) is 0 Å². The second-order valence-corrected chi connectivity index (χ2v) is 4.70. The molecule has 2 N–H and O–H groups in total. The average molecular weight is 286 g/mol. The molecule has 0 heterocycles. The molecule has 1 amide bonds. The Morgan fingerprint density at radius 1 is 1.10 bits per heavy atom. The van der Waals surface area contributed by atoms with E-state index < -0.39 is 0 Å². The molecule has 3 nitrogen and oxygen atoms in total. The molecular formula is C17H19FN2O. The maximum Gasteiger partial charge on any atom is 0.251 e. The first kappa shape index (κ1) is 15.0. The lowest BCUT2D eigenvalue weighted by Gasteiger charge is -2.07. The van der Waals surface area contributed by atoms with Crippen LogP contribution in [0.1, 0.15) is 22.8 Å². The number of carbonyl (C=O) groups is 1. The van der Waals surface area contributed by atoms with Gasteiger partial charge in [0, 0.05) is 24.3 Å². The first-order valence-electron chi connectivity index (χ1n) is 7.06. The molecular weight excluding hydrogens is 267 g/mol. The summed E-state index contributed by atoms with van der Waals surface area (Å²) in [7, 11) is 0. The van der Waals surface area contributed by atoms with Gasteiger partial charge in [0.2, 0.25) is 0 Å². The fourth-order valence-electron chi connectivity index (χ4n) is 2.06. The van der Waals surface area contributed by atoms with Crippen LogP contribution in [0, 0.1) is 5.82 Å². The molecule has 0 aromatic heterocycles. The van der Waals surface area contributed by atoms with E-state index in [0.29, 0.717) is 24.1 Å². The quantitative estimate of drug-likeness (QED) is 0.856. The third-order valence-corrected chi connectivity index (χ3v) is 3.17. The number of rotatable bonds is 6. The molecule has 0 atom stereocenters. The highest BCUT2D eigenvalue weighted by Gasteiger charge is 2.06. The Hall–Kier alpha value is -2.36. The van der Waals surface area contributed by atoms with Crippen molar-refractivity contribution >= 4 is 11.6 Å². The zero-order valence-electron chi connectivity index (χ0n) is 12.0. The van der Waals surface area contributed by atoms with E-state index in [4.69, 9.17) is 0 Å². The Balaban J connectivity index is 1.85.